The summed E-state index contributed by atoms with van der Waals surface area (Å²) in [4.78, 5) is 13.7. The minimum Gasteiger partial charge on any atom is -0.478 e. The van der Waals surface area contributed by atoms with E-state index in [0.717, 1.165) is 11.3 Å². The maximum atomic E-state index is 11.1. The topological polar surface area (TPSA) is 49.3 Å². The van der Waals surface area contributed by atoms with E-state index >= 15 is 0 Å². The van der Waals surface area contributed by atoms with Gasteiger partial charge in [0, 0.05) is 22.0 Å². The summed E-state index contributed by atoms with van der Waals surface area (Å²) >= 11 is 1.80. The van der Waals surface area contributed by atoms with Crippen molar-refractivity contribution in [1.82, 2.24) is 0 Å². The summed E-state index contributed by atoms with van der Waals surface area (Å²) < 4.78 is 0. The smallest absolute Gasteiger partial charge is 0.336 e. The second-order valence-corrected chi connectivity index (χ2v) is 7.32. The molecule has 0 unspecified atom stereocenters. The molecule has 0 spiro atoms. The molecule has 1 aromatic carbocycles. The summed E-state index contributed by atoms with van der Waals surface area (Å²) in [5.41, 5.74) is 2.17. The average Bonchev–Trinajstić information content (AvgIpc) is 2.86. The van der Waals surface area contributed by atoms with E-state index in [-0.39, 0.29) is 5.41 Å². The Labute approximate surface area is 129 Å². The molecule has 112 valence electrons. The first-order valence-corrected chi connectivity index (χ1v) is 7.76. The van der Waals surface area contributed by atoms with Gasteiger partial charge in [0.25, 0.3) is 0 Å². The van der Waals surface area contributed by atoms with Crippen LogP contribution in [0.1, 0.15) is 46.4 Å². The third kappa shape index (κ3) is 3.64. The van der Waals surface area contributed by atoms with Gasteiger partial charge in [-0.25, -0.2) is 4.79 Å². The van der Waals surface area contributed by atoms with Crippen molar-refractivity contribution < 1.29 is 9.90 Å². The number of carbonyl (C=O) groups is 1. The Morgan fingerprint density at radius 3 is 2.52 bits per heavy atom. The molecule has 0 radical (unpaired) electrons. The first-order chi connectivity index (χ1) is 9.79. The van der Waals surface area contributed by atoms with Gasteiger partial charge in [0.2, 0.25) is 0 Å². The van der Waals surface area contributed by atoms with Crippen LogP contribution in [0.2, 0.25) is 0 Å². The van der Waals surface area contributed by atoms with E-state index in [0.29, 0.717) is 12.1 Å². The number of thiophene rings is 1. The maximum absolute atomic E-state index is 11.1. The van der Waals surface area contributed by atoms with Crippen LogP contribution >= 0.6 is 11.3 Å². The van der Waals surface area contributed by atoms with Gasteiger partial charge in [-0.05, 0) is 42.2 Å². The Balaban J connectivity index is 2.12. The number of carboxylic acids is 1. The number of rotatable bonds is 4. The minimum absolute atomic E-state index is 0.169. The average molecular weight is 303 g/mol. The molecule has 3 nitrogen and oxygen atoms in total. The number of hydrogen-bond acceptors (Lipinski definition) is 3. The van der Waals surface area contributed by atoms with Crippen molar-refractivity contribution in [3.05, 3.63) is 51.2 Å². The Hall–Kier alpha value is -1.81. The molecule has 2 N–H and O–H groups in total. The molecule has 0 aliphatic carbocycles. The van der Waals surface area contributed by atoms with Crippen LogP contribution in [-0.4, -0.2) is 11.1 Å². The zero-order chi connectivity index (χ0) is 15.6. The standard InChI is InChI=1S/C17H21NO2S/c1-11-13(16(19)20)6-5-7-14(11)18-10-12-8-9-15(21-12)17(2,3)4/h5-9,18H,10H2,1-4H3,(H,19,20). The van der Waals surface area contributed by atoms with E-state index in [1.54, 1.807) is 23.5 Å². The fraction of sp³-hybridized carbons (Fsp3) is 0.353. The van der Waals surface area contributed by atoms with E-state index in [9.17, 15) is 4.79 Å². The van der Waals surface area contributed by atoms with Crippen molar-refractivity contribution in [2.45, 2.75) is 39.7 Å². The van der Waals surface area contributed by atoms with Gasteiger partial charge in [-0.1, -0.05) is 26.8 Å². The highest BCUT2D eigenvalue weighted by Crippen LogP contribution is 2.30. The summed E-state index contributed by atoms with van der Waals surface area (Å²) in [6.45, 7) is 9.16. The molecule has 0 amide bonds. The maximum Gasteiger partial charge on any atom is 0.336 e. The summed E-state index contributed by atoms with van der Waals surface area (Å²) in [5, 5.41) is 12.5. The molecular weight excluding hydrogens is 282 g/mol. The first-order valence-electron chi connectivity index (χ1n) is 6.95. The third-order valence-electron chi connectivity index (χ3n) is 3.42. The van der Waals surface area contributed by atoms with Gasteiger partial charge in [-0.3, -0.25) is 0 Å². The monoisotopic (exact) mass is 303 g/mol. The number of aromatic carboxylic acids is 1. The lowest BCUT2D eigenvalue weighted by Gasteiger charge is -2.15. The first kappa shape index (κ1) is 15.6. The highest BCUT2D eigenvalue weighted by Gasteiger charge is 2.16. The van der Waals surface area contributed by atoms with Crippen LogP contribution < -0.4 is 5.32 Å². The van der Waals surface area contributed by atoms with E-state index in [2.05, 4.69) is 38.2 Å². The largest absolute Gasteiger partial charge is 0.478 e. The van der Waals surface area contributed by atoms with E-state index < -0.39 is 5.97 Å². The fourth-order valence-corrected chi connectivity index (χ4v) is 3.12. The highest BCUT2D eigenvalue weighted by molar-refractivity contribution is 7.12. The third-order valence-corrected chi connectivity index (χ3v) is 4.93. The van der Waals surface area contributed by atoms with Gasteiger partial charge in [0.05, 0.1) is 5.56 Å². The summed E-state index contributed by atoms with van der Waals surface area (Å²) in [6.07, 6.45) is 0. The lowest BCUT2D eigenvalue weighted by Crippen LogP contribution is -2.08. The van der Waals surface area contributed by atoms with Gasteiger partial charge in [0.15, 0.2) is 0 Å². The second-order valence-electron chi connectivity index (χ2n) is 6.15. The molecule has 2 rings (SSSR count). The molecule has 0 atom stereocenters. The minimum atomic E-state index is -0.887. The zero-order valence-electron chi connectivity index (χ0n) is 12.9. The van der Waals surface area contributed by atoms with Gasteiger partial charge in [-0.2, -0.15) is 0 Å². The number of carboxylic acid groups (broad SMARTS) is 1. The fourth-order valence-electron chi connectivity index (χ4n) is 2.12. The Morgan fingerprint density at radius 1 is 1.24 bits per heavy atom. The van der Waals surface area contributed by atoms with E-state index in [4.69, 9.17) is 5.11 Å². The molecular formula is C17H21NO2S. The summed E-state index contributed by atoms with van der Waals surface area (Å²) in [7, 11) is 0. The molecule has 0 bridgehead atoms. The lowest BCUT2D eigenvalue weighted by atomic mass is 9.95. The summed E-state index contributed by atoms with van der Waals surface area (Å²) in [5.74, 6) is -0.887. The molecule has 2 aromatic rings. The molecule has 1 aromatic heterocycles. The van der Waals surface area contributed by atoms with Crippen LogP contribution in [0.4, 0.5) is 5.69 Å². The highest BCUT2D eigenvalue weighted by atomic mass is 32.1. The molecule has 0 aliphatic rings. The van der Waals surface area contributed by atoms with Crippen molar-refractivity contribution in [2.24, 2.45) is 0 Å². The van der Waals surface area contributed by atoms with Crippen LogP contribution in [0, 0.1) is 6.92 Å². The van der Waals surface area contributed by atoms with Crippen molar-refractivity contribution in [1.29, 1.82) is 0 Å². The van der Waals surface area contributed by atoms with Gasteiger partial charge in [0.1, 0.15) is 0 Å². The van der Waals surface area contributed by atoms with Gasteiger partial charge >= 0.3 is 5.97 Å². The van der Waals surface area contributed by atoms with E-state index in [1.807, 2.05) is 13.0 Å². The SMILES string of the molecule is Cc1c(NCc2ccc(C(C)(C)C)s2)cccc1C(=O)O. The predicted octanol–water partition coefficient (Wildman–Crippen LogP) is 4.66. The van der Waals surface area contributed by atoms with Gasteiger partial charge in [-0.15, -0.1) is 11.3 Å². The van der Waals surface area contributed by atoms with Crippen molar-refractivity contribution in [3.63, 3.8) is 0 Å². The Morgan fingerprint density at radius 2 is 1.95 bits per heavy atom. The second kappa shape index (κ2) is 5.90. The van der Waals surface area contributed by atoms with Crippen LogP contribution in [0.15, 0.2) is 30.3 Å². The van der Waals surface area contributed by atoms with Crippen molar-refractivity contribution in [3.8, 4) is 0 Å². The molecule has 0 saturated carbocycles. The Bertz CT molecular complexity index is 653. The van der Waals surface area contributed by atoms with Crippen LogP contribution in [-0.2, 0) is 12.0 Å². The van der Waals surface area contributed by atoms with Crippen molar-refractivity contribution in [2.75, 3.05) is 5.32 Å². The van der Waals surface area contributed by atoms with Crippen molar-refractivity contribution >= 4 is 23.0 Å². The lowest BCUT2D eigenvalue weighted by molar-refractivity contribution is 0.0696. The van der Waals surface area contributed by atoms with E-state index in [1.165, 1.54) is 9.75 Å². The molecule has 0 aliphatic heterocycles. The quantitative estimate of drug-likeness (QED) is 0.863. The Kier molecular flexibility index (Phi) is 4.37. The number of nitrogens with one attached hydrogen (secondary N) is 1. The molecule has 0 fully saturated rings. The van der Waals surface area contributed by atoms with Crippen LogP contribution in [0.3, 0.4) is 0 Å². The number of benzene rings is 1. The number of anilines is 1. The molecule has 21 heavy (non-hydrogen) atoms. The molecule has 1 heterocycles. The van der Waals surface area contributed by atoms with Crippen LogP contribution in [0.25, 0.3) is 0 Å². The zero-order valence-corrected chi connectivity index (χ0v) is 13.7. The summed E-state index contributed by atoms with van der Waals surface area (Å²) in [6, 6.07) is 9.62. The predicted molar refractivity (Wildman–Crippen MR) is 88.5 cm³/mol. The number of hydrogen-bond donors (Lipinski definition) is 2. The normalized spacial score (nSPS) is 11.4. The molecule has 4 heteroatoms. The van der Waals surface area contributed by atoms with Gasteiger partial charge < -0.3 is 10.4 Å². The molecule has 0 saturated heterocycles. The van der Waals surface area contributed by atoms with Crippen LogP contribution in [0.5, 0.6) is 0 Å².